The van der Waals surface area contributed by atoms with Crippen molar-refractivity contribution in [2.45, 2.75) is 12.3 Å². The number of benzene rings is 1. The van der Waals surface area contributed by atoms with E-state index in [2.05, 4.69) is 0 Å². The summed E-state index contributed by atoms with van der Waals surface area (Å²) in [7, 11) is 0. The van der Waals surface area contributed by atoms with Gasteiger partial charge in [-0.2, -0.15) is 0 Å². The van der Waals surface area contributed by atoms with E-state index in [1.54, 1.807) is 0 Å². The van der Waals surface area contributed by atoms with E-state index in [9.17, 15) is 4.79 Å². The molecule has 0 aliphatic carbocycles. The fourth-order valence-corrected chi connectivity index (χ4v) is 1.35. The minimum Gasteiger partial charge on any atom is -0.330 e. The second-order valence-electron chi connectivity index (χ2n) is 2.89. The summed E-state index contributed by atoms with van der Waals surface area (Å²) in [6.45, 7) is 0.486. The van der Waals surface area contributed by atoms with Gasteiger partial charge in [0.25, 0.3) is 0 Å². The quantitative estimate of drug-likeness (QED) is 0.750. The van der Waals surface area contributed by atoms with Gasteiger partial charge in [-0.25, -0.2) is 0 Å². The molecule has 0 saturated carbocycles. The molecule has 2 nitrogen and oxygen atoms in total. The average Bonchev–Trinajstić information content (AvgIpc) is 2.16. The molecular formula is C10H12ClNO. The Morgan fingerprint density at radius 3 is 2.46 bits per heavy atom. The predicted molar refractivity (Wildman–Crippen MR) is 53.9 cm³/mol. The molecule has 13 heavy (non-hydrogen) atoms. The fourth-order valence-electron chi connectivity index (χ4n) is 1.22. The smallest absolute Gasteiger partial charge is 0.120 e. The van der Waals surface area contributed by atoms with Crippen molar-refractivity contribution >= 4 is 17.9 Å². The molecule has 1 atom stereocenters. The number of hydrogen-bond donors (Lipinski definition) is 1. The van der Waals surface area contributed by atoms with Crippen molar-refractivity contribution in [1.82, 2.24) is 0 Å². The molecule has 0 aromatic heterocycles. The van der Waals surface area contributed by atoms with Crippen molar-refractivity contribution in [2.24, 2.45) is 5.73 Å². The van der Waals surface area contributed by atoms with Gasteiger partial charge in [-0.05, 0) is 24.2 Å². The van der Waals surface area contributed by atoms with E-state index in [0.29, 0.717) is 18.0 Å². The molecule has 70 valence electrons. The zero-order chi connectivity index (χ0) is 9.68. The number of hydrogen-bond acceptors (Lipinski definition) is 2. The standard InChI is InChI=1S/C10H12ClNO/c11-10-3-1-8(2-4-10)9(7-12)5-6-13/h1-4,6,9H,5,7,12H2/t9-/m0/s1. The van der Waals surface area contributed by atoms with Crippen molar-refractivity contribution in [3.8, 4) is 0 Å². The third kappa shape index (κ3) is 2.83. The third-order valence-electron chi connectivity index (χ3n) is 2.01. The summed E-state index contributed by atoms with van der Waals surface area (Å²) in [5, 5.41) is 0.700. The van der Waals surface area contributed by atoms with Gasteiger partial charge < -0.3 is 10.5 Å². The molecule has 0 bridgehead atoms. The lowest BCUT2D eigenvalue weighted by Crippen LogP contribution is -2.12. The number of carbonyl (C=O) groups is 1. The summed E-state index contributed by atoms with van der Waals surface area (Å²) < 4.78 is 0. The van der Waals surface area contributed by atoms with Crippen LogP contribution >= 0.6 is 11.6 Å². The second kappa shape index (κ2) is 5.00. The van der Waals surface area contributed by atoms with Crippen molar-refractivity contribution in [3.05, 3.63) is 34.9 Å². The first-order valence-corrected chi connectivity index (χ1v) is 4.55. The topological polar surface area (TPSA) is 43.1 Å². The molecule has 1 rings (SSSR count). The Kier molecular flexibility index (Phi) is 3.93. The van der Waals surface area contributed by atoms with Crippen LogP contribution in [0.15, 0.2) is 24.3 Å². The van der Waals surface area contributed by atoms with Gasteiger partial charge in [-0.3, -0.25) is 0 Å². The number of nitrogens with two attached hydrogens (primary N) is 1. The minimum atomic E-state index is 0.120. The highest BCUT2D eigenvalue weighted by atomic mass is 35.5. The first kappa shape index (κ1) is 10.2. The monoisotopic (exact) mass is 197 g/mol. The third-order valence-corrected chi connectivity index (χ3v) is 2.26. The molecule has 0 radical (unpaired) electrons. The van der Waals surface area contributed by atoms with E-state index in [4.69, 9.17) is 17.3 Å². The van der Waals surface area contributed by atoms with Crippen molar-refractivity contribution in [1.29, 1.82) is 0 Å². The highest BCUT2D eigenvalue weighted by Gasteiger charge is 2.07. The van der Waals surface area contributed by atoms with Crippen LogP contribution in [0, 0.1) is 0 Å². The maximum Gasteiger partial charge on any atom is 0.120 e. The zero-order valence-corrected chi connectivity index (χ0v) is 8.00. The van der Waals surface area contributed by atoms with Gasteiger partial charge in [0.2, 0.25) is 0 Å². The molecule has 0 aliphatic heterocycles. The molecule has 0 heterocycles. The lowest BCUT2D eigenvalue weighted by Gasteiger charge is -2.11. The van der Waals surface area contributed by atoms with Gasteiger partial charge in [0.05, 0.1) is 0 Å². The van der Waals surface area contributed by atoms with Gasteiger partial charge in [-0.1, -0.05) is 23.7 Å². The predicted octanol–water partition coefficient (Wildman–Crippen LogP) is 1.97. The molecule has 0 fully saturated rings. The normalized spacial score (nSPS) is 12.5. The Morgan fingerprint density at radius 2 is 2.00 bits per heavy atom. The summed E-state index contributed by atoms with van der Waals surface area (Å²) >= 11 is 5.74. The molecular weight excluding hydrogens is 186 g/mol. The van der Waals surface area contributed by atoms with Crippen molar-refractivity contribution in [3.63, 3.8) is 0 Å². The van der Waals surface area contributed by atoms with Crippen LogP contribution in [0.2, 0.25) is 5.02 Å². The van der Waals surface area contributed by atoms with Crippen molar-refractivity contribution < 1.29 is 4.79 Å². The molecule has 0 saturated heterocycles. The number of carbonyl (C=O) groups excluding carboxylic acids is 1. The number of rotatable bonds is 4. The molecule has 0 spiro atoms. The Hall–Kier alpha value is -0.860. The summed E-state index contributed by atoms with van der Waals surface area (Å²) in [6.07, 6.45) is 1.37. The van der Waals surface area contributed by atoms with Crippen LogP contribution in [0.5, 0.6) is 0 Å². The van der Waals surface area contributed by atoms with Gasteiger partial charge >= 0.3 is 0 Å². The maximum absolute atomic E-state index is 10.3. The van der Waals surface area contributed by atoms with Crippen LogP contribution in [0.1, 0.15) is 17.9 Å². The molecule has 3 heteroatoms. The Balaban J connectivity index is 2.78. The second-order valence-corrected chi connectivity index (χ2v) is 3.32. The lowest BCUT2D eigenvalue weighted by molar-refractivity contribution is -0.108. The molecule has 0 aliphatic rings. The van der Waals surface area contributed by atoms with Crippen LogP contribution in [-0.2, 0) is 4.79 Å². The molecule has 1 aromatic carbocycles. The molecule has 0 amide bonds. The highest BCUT2D eigenvalue weighted by molar-refractivity contribution is 6.30. The van der Waals surface area contributed by atoms with Crippen LogP contribution in [0.25, 0.3) is 0 Å². The van der Waals surface area contributed by atoms with Gasteiger partial charge in [0.1, 0.15) is 6.29 Å². The maximum atomic E-state index is 10.3. The van der Waals surface area contributed by atoms with Crippen LogP contribution in [-0.4, -0.2) is 12.8 Å². The number of halogens is 1. The fraction of sp³-hybridized carbons (Fsp3) is 0.300. The zero-order valence-electron chi connectivity index (χ0n) is 7.24. The SMILES string of the molecule is NC[C@H](CC=O)c1ccc(Cl)cc1. The largest absolute Gasteiger partial charge is 0.330 e. The summed E-state index contributed by atoms with van der Waals surface area (Å²) in [4.78, 5) is 10.3. The van der Waals surface area contributed by atoms with Crippen LogP contribution in [0.3, 0.4) is 0 Å². The van der Waals surface area contributed by atoms with Crippen LogP contribution in [0.4, 0.5) is 0 Å². The summed E-state index contributed by atoms with van der Waals surface area (Å²) in [6, 6.07) is 7.43. The summed E-state index contributed by atoms with van der Waals surface area (Å²) in [5.41, 5.74) is 6.61. The van der Waals surface area contributed by atoms with E-state index >= 15 is 0 Å². The molecule has 1 aromatic rings. The first-order chi connectivity index (χ1) is 6.27. The van der Waals surface area contributed by atoms with E-state index in [0.717, 1.165) is 11.8 Å². The Labute approximate surface area is 82.7 Å². The number of aldehydes is 1. The van der Waals surface area contributed by atoms with Gasteiger partial charge in [0.15, 0.2) is 0 Å². The molecule has 2 N–H and O–H groups in total. The Bertz CT molecular complexity index is 271. The lowest BCUT2D eigenvalue weighted by atomic mass is 9.97. The van der Waals surface area contributed by atoms with E-state index < -0.39 is 0 Å². The van der Waals surface area contributed by atoms with Crippen LogP contribution < -0.4 is 5.73 Å². The van der Waals surface area contributed by atoms with Gasteiger partial charge in [0, 0.05) is 17.4 Å². The average molecular weight is 198 g/mol. The van der Waals surface area contributed by atoms with E-state index in [-0.39, 0.29) is 5.92 Å². The molecule has 0 unspecified atom stereocenters. The van der Waals surface area contributed by atoms with E-state index in [1.165, 1.54) is 0 Å². The first-order valence-electron chi connectivity index (χ1n) is 4.17. The van der Waals surface area contributed by atoms with E-state index in [1.807, 2.05) is 24.3 Å². The van der Waals surface area contributed by atoms with Gasteiger partial charge in [-0.15, -0.1) is 0 Å². The highest BCUT2D eigenvalue weighted by Crippen LogP contribution is 2.19. The summed E-state index contributed by atoms with van der Waals surface area (Å²) in [5.74, 6) is 0.120. The van der Waals surface area contributed by atoms with Crippen molar-refractivity contribution in [2.75, 3.05) is 6.54 Å². The minimum absolute atomic E-state index is 0.120. The Morgan fingerprint density at radius 1 is 1.38 bits per heavy atom.